The molecule has 1 saturated heterocycles. The summed E-state index contributed by atoms with van der Waals surface area (Å²) in [6, 6.07) is 5.49. The highest BCUT2D eigenvalue weighted by Gasteiger charge is 2.68. The molecule has 2 bridgehead atoms. The van der Waals surface area contributed by atoms with Gasteiger partial charge in [-0.2, -0.15) is 0 Å². The quantitative estimate of drug-likeness (QED) is 0.747. The Kier molecular flexibility index (Phi) is 2.31. The van der Waals surface area contributed by atoms with Gasteiger partial charge in [0.2, 0.25) is 11.8 Å². The SMILES string of the molecule is O=C1CCc2cc(N3C(=O)[C@@H]4[C@@H]5CC[C@@H]([C@H]6C[C@H]65)[C@@H]4C3=O)ccc21. The van der Waals surface area contributed by atoms with E-state index in [1.54, 1.807) is 12.1 Å². The van der Waals surface area contributed by atoms with E-state index in [2.05, 4.69) is 0 Å². The summed E-state index contributed by atoms with van der Waals surface area (Å²) in [5, 5.41) is 0. The average molecular weight is 321 g/mol. The van der Waals surface area contributed by atoms with Crippen molar-refractivity contribution in [3.05, 3.63) is 29.3 Å². The lowest BCUT2D eigenvalue weighted by atomic mass is 9.59. The average Bonchev–Trinajstić information content (AvgIpc) is 3.28. The Hall–Kier alpha value is -1.97. The molecule has 4 saturated carbocycles. The number of nitrogens with zero attached hydrogens (tertiary/aromatic N) is 1. The second-order valence-corrected chi connectivity index (χ2v) is 8.30. The first-order chi connectivity index (χ1) is 11.6. The molecule has 1 aliphatic heterocycles. The van der Waals surface area contributed by atoms with Crippen molar-refractivity contribution >= 4 is 23.3 Å². The van der Waals surface area contributed by atoms with Crippen LogP contribution >= 0.6 is 0 Å². The number of aryl methyl sites for hydroxylation is 1. The molecule has 0 spiro atoms. The minimum absolute atomic E-state index is 0.0225. The highest BCUT2D eigenvalue weighted by atomic mass is 16.2. The molecule has 1 aromatic carbocycles. The highest BCUT2D eigenvalue weighted by molar-refractivity contribution is 6.22. The van der Waals surface area contributed by atoms with Crippen LogP contribution in [0.2, 0.25) is 0 Å². The Morgan fingerprint density at radius 1 is 0.833 bits per heavy atom. The smallest absolute Gasteiger partial charge is 0.237 e. The van der Waals surface area contributed by atoms with Crippen LogP contribution in [-0.2, 0) is 16.0 Å². The van der Waals surface area contributed by atoms with Crippen LogP contribution in [0.3, 0.4) is 0 Å². The molecule has 0 unspecified atom stereocenters. The van der Waals surface area contributed by atoms with Gasteiger partial charge in [-0.05, 0) is 73.1 Å². The monoisotopic (exact) mass is 321 g/mol. The van der Waals surface area contributed by atoms with E-state index in [0.717, 1.165) is 30.4 Å². The third-order valence-electron chi connectivity index (χ3n) is 7.41. The van der Waals surface area contributed by atoms with Crippen LogP contribution in [0.1, 0.15) is 41.6 Å². The summed E-state index contributed by atoms with van der Waals surface area (Å²) in [5.74, 6) is 2.35. The van der Waals surface area contributed by atoms with E-state index in [4.69, 9.17) is 0 Å². The topological polar surface area (TPSA) is 54.5 Å². The summed E-state index contributed by atoms with van der Waals surface area (Å²) < 4.78 is 0. The van der Waals surface area contributed by atoms with Gasteiger partial charge in [0.05, 0.1) is 17.5 Å². The summed E-state index contributed by atoms with van der Waals surface area (Å²) >= 11 is 0. The molecule has 24 heavy (non-hydrogen) atoms. The Morgan fingerprint density at radius 2 is 1.50 bits per heavy atom. The van der Waals surface area contributed by atoms with Crippen molar-refractivity contribution in [1.82, 2.24) is 0 Å². The van der Waals surface area contributed by atoms with Crippen LogP contribution < -0.4 is 4.90 Å². The van der Waals surface area contributed by atoms with Crippen molar-refractivity contribution in [1.29, 1.82) is 0 Å². The number of carbonyl (C=O) groups is 3. The number of ketones is 1. The van der Waals surface area contributed by atoms with Crippen LogP contribution in [-0.4, -0.2) is 17.6 Å². The van der Waals surface area contributed by atoms with E-state index in [0.29, 0.717) is 35.8 Å². The molecule has 6 aliphatic rings. The fourth-order valence-corrected chi connectivity index (χ4v) is 6.37. The molecule has 0 aromatic heterocycles. The van der Waals surface area contributed by atoms with Gasteiger partial charge in [0.25, 0.3) is 0 Å². The van der Waals surface area contributed by atoms with Crippen molar-refractivity contribution in [2.24, 2.45) is 35.5 Å². The Balaban J connectivity index is 1.42. The fourth-order valence-electron chi connectivity index (χ4n) is 6.37. The van der Waals surface area contributed by atoms with Gasteiger partial charge in [-0.1, -0.05) is 0 Å². The standard InChI is InChI=1S/C20H19NO3/c22-16-6-1-9-7-10(2-3-11(9)16)21-19(23)17-12-4-5-13(15-8-14(12)15)18(17)20(21)24/h2-3,7,12-15,17-18H,1,4-6,8H2/t12-,13+,14+,15-,17-,18+. The predicted molar refractivity (Wildman–Crippen MR) is 86.4 cm³/mol. The molecule has 1 aromatic rings. The minimum atomic E-state index is -0.0742. The normalized spacial score (nSPS) is 41.5. The molecule has 4 nitrogen and oxygen atoms in total. The number of Topliss-reactive ketones (excluding diaryl/α,β-unsaturated/α-hetero) is 1. The molecule has 5 aliphatic carbocycles. The van der Waals surface area contributed by atoms with E-state index in [-0.39, 0.29) is 29.4 Å². The van der Waals surface area contributed by atoms with Crippen molar-refractivity contribution in [2.45, 2.75) is 32.1 Å². The first-order valence-electron chi connectivity index (χ1n) is 9.19. The first-order valence-corrected chi connectivity index (χ1v) is 9.19. The molecular formula is C20H19NO3. The van der Waals surface area contributed by atoms with E-state index in [1.807, 2.05) is 6.07 Å². The van der Waals surface area contributed by atoms with Crippen molar-refractivity contribution < 1.29 is 14.4 Å². The molecule has 0 radical (unpaired) electrons. The van der Waals surface area contributed by atoms with Gasteiger partial charge >= 0.3 is 0 Å². The lowest BCUT2D eigenvalue weighted by Gasteiger charge is -2.42. The van der Waals surface area contributed by atoms with E-state index < -0.39 is 0 Å². The molecule has 7 rings (SSSR count). The van der Waals surface area contributed by atoms with E-state index in [9.17, 15) is 14.4 Å². The van der Waals surface area contributed by atoms with Gasteiger partial charge in [-0.3, -0.25) is 19.3 Å². The molecule has 6 atom stereocenters. The zero-order valence-electron chi connectivity index (χ0n) is 13.4. The number of carbonyl (C=O) groups excluding carboxylic acids is 3. The maximum atomic E-state index is 13.1. The van der Waals surface area contributed by atoms with Crippen molar-refractivity contribution in [3.8, 4) is 0 Å². The van der Waals surface area contributed by atoms with Gasteiger partial charge in [-0.15, -0.1) is 0 Å². The van der Waals surface area contributed by atoms with Gasteiger partial charge in [-0.25, -0.2) is 0 Å². The molecule has 122 valence electrons. The summed E-state index contributed by atoms with van der Waals surface area (Å²) in [5.41, 5.74) is 2.43. The van der Waals surface area contributed by atoms with Gasteiger partial charge < -0.3 is 0 Å². The molecule has 0 N–H and O–H groups in total. The highest BCUT2D eigenvalue weighted by Crippen LogP contribution is 2.68. The maximum Gasteiger partial charge on any atom is 0.237 e. The minimum Gasteiger partial charge on any atom is -0.294 e. The number of anilines is 1. The van der Waals surface area contributed by atoms with Gasteiger partial charge in [0.1, 0.15) is 0 Å². The fraction of sp³-hybridized carbons (Fsp3) is 0.550. The zero-order valence-corrected chi connectivity index (χ0v) is 13.4. The number of imide groups is 1. The van der Waals surface area contributed by atoms with Crippen LogP contribution in [0.15, 0.2) is 18.2 Å². The van der Waals surface area contributed by atoms with E-state index >= 15 is 0 Å². The molecule has 2 amide bonds. The molecule has 5 fully saturated rings. The Labute approximate surface area is 140 Å². The number of fused-ring (bicyclic) bond motifs is 2. The van der Waals surface area contributed by atoms with Crippen LogP contribution in [0.4, 0.5) is 5.69 Å². The number of rotatable bonds is 1. The number of hydrogen-bond acceptors (Lipinski definition) is 3. The summed E-state index contributed by atoms with van der Waals surface area (Å²) in [4.78, 5) is 39.5. The van der Waals surface area contributed by atoms with Crippen molar-refractivity contribution in [3.63, 3.8) is 0 Å². The number of amides is 2. The maximum absolute atomic E-state index is 13.1. The molecule has 1 heterocycles. The summed E-state index contributed by atoms with van der Waals surface area (Å²) in [6.07, 6.45) is 4.75. The third-order valence-corrected chi connectivity index (χ3v) is 7.41. The lowest BCUT2D eigenvalue weighted by Crippen LogP contribution is -2.43. The largest absolute Gasteiger partial charge is 0.294 e. The van der Waals surface area contributed by atoms with Crippen LogP contribution in [0.25, 0.3) is 0 Å². The van der Waals surface area contributed by atoms with Gasteiger partial charge in [0.15, 0.2) is 5.78 Å². The van der Waals surface area contributed by atoms with Crippen molar-refractivity contribution in [2.75, 3.05) is 4.90 Å². The summed E-state index contributed by atoms with van der Waals surface area (Å²) in [6.45, 7) is 0. The van der Waals surface area contributed by atoms with Crippen LogP contribution in [0.5, 0.6) is 0 Å². The predicted octanol–water partition coefficient (Wildman–Crippen LogP) is 2.60. The zero-order chi connectivity index (χ0) is 16.2. The Bertz CT molecular complexity index is 794. The second kappa shape index (κ2) is 4.16. The number of benzene rings is 1. The Morgan fingerprint density at radius 3 is 2.17 bits per heavy atom. The third kappa shape index (κ3) is 1.44. The summed E-state index contributed by atoms with van der Waals surface area (Å²) in [7, 11) is 0. The molecular weight excluding hydrogens is 302 g/mol. The second-order valence-electron chi connectivity index (χ2n) is 8.30. The first kappa shape index (κ1) is 13.3. The molecule has 4 heteroatoms. The van der Waals surface area contributed by atoms with Crippen LogP contribution in [0, 0.1) is 35.5 Å². The lowest BCUT2D eigenvalue weighted by molar-refractivity contribution is -0.129. The van der Waals surface area contributed by atoms with E-state index in [1.165, 1.54) is 11.3 Å². The number of hydrogen-bond donors (Lipinski definition) is 0. The van der Waals surface area contributed by atoms with Gasteiger partial charge in [0, 0.05) is 12.0 Å².